The summed E-state index contributed by atoms with van der Waals surface area (Å²) in [6.07, 6.45) is 2.61. The minimum Gasteiger partial charge on any atom is -0.312 e. The zero-order chi connectivity index (χ0) is 12.0. The topological polar surface area (TPSA) is 55.2 Å². The van der Waals surface area contributed by atoms with Crippen LogP contribution < -0.4 is 5.32 Å². The van der Waals surface area contributed by atoms with Crippen LogP contribution in [-0.4, -0.2) is 11.5 Å². The smallest absolute Gasteiger partial charge is 0.304 e. The molecule has 0 fully saturated rings. The van der Waals surface area contributed by atoms with Gasteiger partial charge in [0, 0.05) is 12.6 Å². The summed E-state index contributed by atoms with van der Waals surface area (Å²) in [5, 5.41) is 13.4. The van der Waals surface area contributed by atoms with Crippen molar-refractivity contribution < 1.29 is 9.31 Å². The first-order chi connectivity index (χ1) is 7.65. The lowest BCUT2D eigenvalue weighted by Crippen LogP contribution is -2.14. The number of benzene rings is 1. The van der Waals surface area contributed by atoms with Crippen LogP contribution in [-0.2, 0) is 6.54 Å². The van der Waals surface area contributed by atoms with Crippen LogP contribution in [0.4, 0.5) is 10.1 Å². The monoisotopic (exact) mass is 224 g/mol. The molecule has 0 aliphatic heterocycles. The molecular formula is C11H13FN2O2. The molecule has 0 atom stereocenters. The number of hydrogen-bond acceptors (Lipinski definition) is 3. The second-order valence-electron chi connectivity index (χ2n) is 3.30. The average Bonchev–Trinajstić information content (AvgIpc) is 2.24. The van der Waals surface area contributed by atoms with Gasteiger partial charge in [-0.3, -0.25) is 10.1 Å². The van der Waals surface area contributed by atoms with Gasteiger partial charge in [0.2, 0.25) is 5.82 Å². The summed E-state index contributed by atoms with van der Waals surface area (Å²) < 4.78 is 13.2. The van der Waals surface area contributed by atoms with Crippen molar-refractivity contribution in [3.8, 4) is 0 Å². The Morgan fingerprint density at radius 3 is 2.88 bits per heavy atom. The molecule has 0 bridgehead atoms. The van der Waals surface area contributed by atoms with Gasteiger partial charge in [0.15, 0.2) is 0 Å². The molecule has 0 aliphatic rings. The molecule has 0 unspecified atom stereocenters. The molecule has 5 heteroatoms. The number of nitro groups is 1. The standard InChI is InChI=1S/C11H13FN2O2/c1-2-3-6-13-8-9-4-5-11(14(15)16)10(12)7-9/h2,4-5,7,13H,1,3,6,8H2. The molecule has 0 saturated carbocycles. The Hall–Kier alpha value is -1.75. The Bertz CT molecular complexity index is 394. The highest BCUT2D eigenvalue weighted by atomic mass is 19.1. The summed E-state index contributed by atoms with van der Waals surface area (Å²) >= 11 is 0. The normalized spacial score (nSPS) is 10.1. The highest BCUT2D eigenvalue weighted by molar-refractivity contribution is 5.34. The minimum absolute atomic E-state index is 0.489. The molecule has 1 N–H and O–H groups in total. The van der Waals surface area contributed by atoms with Crippen LogP contribution in [0.5, 0.6) is 0 Å². The molecule has 1 aromatic carbocycles. The molecule has 4 nitrogen and oxygen atoms in total. The van der Waals surface area contributed by atoms with E-state index in [1.165, 1.54) is 12.1 Å². The van der Waals surface area contributed by atoms with E-state index in [0.717, 1.165) is 13.0 Å². The lowest BCUT2D eigenvalue weighted by molar-refractivity contribution is -0.387. The van der Waals surface area contributed by atoms with E-state index in [0.29, 0.717) is 12.1 Å². The largest absolute Gasteiger partial charge is 0.312 e. The third-order valence-corrected chi connectivity index (χ3v) is 2.06. The van der Waals surface area contributed by atoms with E-state index < -0.39 is 16.4 Å². The van der Waals surface area contributed by atoms with Crippen molar-refractivity contribution in [1.29, 1.82) is 0 Å². The van der Waals surface area contributed by atoms with Crippen LogP contribution in [0.15, 0.2) is 30.9 Å². The molecule has 0 heterocycles. The van der Waals surface area contributed by atoms with E-state index in [1.54, 1.807) is 12.1 Å². The summed E-state index contributed by atoms with van der Waals surface area (Å²) in [7, 11) is 0. The molecular weight excluding hydrogens is 211 g/mol. The fraction of sp³-hybridized carbons (Fsp3) is 0.273. The number of hydrogen-bond donors (Lipinski definition) is 1. The van der Waals surface area contributed by atoms with Crippen molar-refractivity contribution >= 4 is 5.69 Å². The first-order valence-electron chi connectivity index (χ1n) is 4.89. The van der Waals surface area contributed by atoms with Crippen molar-refractivity contribution in [2.45, 2.75) is 13.0 Å². The number of halogens is 1. The van der Waals surface area contributed by atoms with Crippen LogP contribution in [0.25, 0.3) is 0 Å². The van der Waals surface area contributed by atoms with Gasteiger partial charge >= 0.3 is 5.69 Å². The first-order valence-corrected chi connectivity index (χ1v) is 4.89. The maximum atomic E-state index is 13.2. The molecule has 0 radical (unpaired) electrons. The van der Waals surface area contributed by atoms with Gasteiger partial charge in [-0.2, -0.15) is 4.39 Å². The highest BCUT2D eigenvalue weighted by Gasteiger charge is 2.13. The van der Waals surface area contributed by atoms with Gasteiger partial charge in [-0.05, 0) is 24.6 Å². The van der Waals surface area contributed by atoms with Crippen LogP contribution in [0, 0.1) is 15.9 Å². The predicted octanol–water partition coefficient (Wildman–Crippen LogP) is 2.40. The summed E-state index contributed by atoms with van der Waals surface area (Å²) in [5.41, 5.74) is 0.196. The van der Waals surface area contributed by atoms with Gasteiger partial charge in [-0.25, -0.2) is 0 Å². The zero-order valence-electron chi connectivity index (χ0n) is 8.78. The average molecular weight is 224 g/mol. The molecule has 86 valence electrons. The van der Waals surface area contributed by atoms with E-state index in [4.69, 9.17) is 0 Å². The highest BCUT2D eigenvalue weighted by Crippen LogP contribution is 2.17. The maximum absolute atomic E-state index is 13.2. The molecule has 0 spiro atoms. The third-order valence-electron chi connectivity index (χ3n) is 2.06. The molecule has 0 aromatic heterocycles. The Morgan fingerprint density at radius 2 is 2.31 bits per heavy atom. The van der Waals surface area contributed by atoms with Gasteiger partial charge < -0.3 is 5.32 Å². The molecule has 0 aliphatic carbocycles. The lowest BCUT2D eigenvalue weighted by Gasteiger charge is -2.03. The molecule has 0 saturated heterocycles. The Kier molecular flexibility index (Phi) is 4.60. The predicted molar refractivity (Wildman–Crippen MR) is 59.6 cm³/mol. The minimum atomic E-state index is -0.798. The fourth-order valence-corrected chi connectivity index (χ4v) is 1.25. The van der Waals surface area contributed by atoms with E-state index in [1.807, 2.05) is 0 Å². The second-order valence-corrected chi connectivity index (χ2v) is 3.30. The molecule has 1 rings (SSSR count). The van der Waals surface area contributed by atoms with Crippen molar-refractivity contribution in [2.24, 2.45) is 0 Å². The summed E-state index contributed by atoms with van der Waals surface area (Å²) in [6, 6.07) is 3.90. The number of nitro benzene ring substituents is 1. The van der Waals surface area contributed by atoms with Gasteiger partial charge in [0.05, 0.1) is 4.92 Å². The number of nitrogens with one attached hydrogen (secondary N) is 1. The van der Waals surface area contributed by atoms with Crippen molar-refractivity contribution in [2.75, 3.05) is 6.54 Å². The summed E-state index contributed by atoms with van der Waals surface area (Å²) in [4.78, 5) is 9.64. The SMILES string of the molecule is C=CCCNCc1ccc([N+](=O)[O-])c(F)c1. The van der Waals surface area contributed by atoms with Crippen LogP contribution >= 0.6 is 0 Å². The summed E-state index contributed by atoms with van der Waals surface area (Å²) in [5.74, 6) is -0.798. The quantitative estimate of drug-likeness (QED) is 0.349. The maximum Gasteiger partial charge on any atom is 0.304 e. The molecule has 16 heavy (non-hydrogen) atoms. The lowest BCUT2D eigenvalue weighted by atomic mass is 10.2. The Balaban J connectivity index is 2.59. The van der Waals surface area contributed by atoms with Crippen LogP contribution in [0.2, 0.25) is 0 Å². The zero-order valence-corrected chi connectivity index (χ0v) is 8.78. The van der Waals surface area contributed by atoms with Crippen molar-refractivity contribution in [3.63, 3.8) is 0 Å². The van der Waals surface area contributed by atoms with Gasteiger partial charge in [0.1, 0.15) is 0 Å². The number of rotatable bonds is 6. The van der Waals surface area contributed by atoms with E-state index in [-0.39, 0.29) is 0 Å². The Labute approximate surface area is 92.9 Å². The van der Waals surface area contributed by atoms with E-state index >= 15 is 0 Å². The third kappa shape index (κ3) is 3.43. The first kappa shape index (κ1) is 12.3. The molecule has 1 aromatic rings. The van der Waals surface area contributed by atoms with E-state index in [2.05, 4.69) is 11.9 Å². The second kappa shape index (κ2) is 5.97. The van der Waals surface area contributed by atoms with Gasteiger partial charge in [0.25, 0.3) is 0 Å². The fourth-order valence-electron chi connectivity index (χ4n) is 1.25. The van der Waals surface area contributed by atoms with Crippen molar-refractivity contribution in [3.05, 3.63) is 52.3 Å². The van der Waals surface area contributed by atoms with Crippen LogP contribution in [0.3, 0.4) is 0 Å². The van der Waals surface area contributed by atoms with Gasteiger partial charge in [-0.15, -0.1) is 6.58 Å². The van der Waals surface area contributed by atoms with Crippen molar-refractivity contribution in [1.82, 2.24) is 5.32 Å². The van der Waals surface area contributed by atoms with Crippen LogP contribution in [0.1, 0.15) is 12.0 Å². The Morgan fingerprint density at radius 1 is 1.56 bits per heavy atom. The molecule has 0 amide bonds. The summed E-state index contributed by atoms with van der Waals surface area (Å²) in [6.45, 7) is 4.82. The number of nitrogens with zero attached hydrogens (tertiary/aromatic N) is 1. The van der Waals surface area contributed by atoms with E-state index in [9.17, 15) is 14.5 Å². The van der Waals surface area contributed by atoms with Gasteiger partial charge in [-0.1, -0.05) is 12.1 Å².